The lowest BCUT2D eigenvalue weighted by Gasteiger charge is -2.18. The van der Waals surface area contributed by atoms with Gasteiger partial charge in [0, 0.05) is 23.7 Å². The molecule has 0 bridgehead atoms. The van der Waals surface area contributed by atoms with Crippen molar-refractivity contribution in [3.8, 4) is 0 Å². The second kappa shape index (κ2) is 7.08. The molecule has 0 aliphatic carbocycles. The van der Waals surface area contributed by atoms with Crippen LogP contribution >= 0.6 is 11.3 Å². The molecule has 0 radical (unpaired) electrons. The van der Waals surface area contributed by atoms with Gasteiger partial charge in [-0.2, -0.15) is 0 Å². The fourth-order valence-electron chi connectivity index (χ4n) is 2.03. The first-order valence-electron chi connectivity index (χ1n) is 6.99. The minimum absolute atomic E-state index is 0.109. The van der Waals surface area contributed by atoms with Crippen molar-refractivity contribution in [1.29, 1.82) is 0 Å². The van der Waals surface area contributed by atoms with E-state index in [1.54, 1.807) is 29.7 Å². The summed E-state index contributed by atoms with van der Waals surface area (Å²) in [5.41, 5.74) is 8.01. The van der Waals surface area contributed by atoms with Crippen LogP contribution in [0.4, 0.5) is 11.4 Å². The number of nitrogens with zero attached hydrogens (tertiary/aromatic N) is 1. The molecule has 0 saturated heterocycles. The van der Waals surface area contributed by atoms with Gasteiger partial charge < -0.3 is 16.4 Å². The van der Waals surface area contributed by atoms with Crippen LogP contribution in [-0.4, -0.2) is 17.4 Å². The molecular weight excluding hydrogens is 284 g/mol. The van der Waals surface area contributed by atoms with Crippen molar-refractivity contribution >= 4 is 28.6 Å². The van der Waals surface area contributed by atoms with Gasteiger partial charge in [0.05, 0.1) is 17.4 Å². The van der Waals surface area contributed by atoms with Crippen molar-refractivity contribution in [3.63, 3.8) is 0 Å². The highest BCUT2D eigenvalue weighted by molar-refractivity contribution is 7.09. The van der Waals surface area contributed by atoms with Crippen LogP contribution in [0.3, 0.4) is 0 Å². The Labute approximate surface area is 128 Å². The molecule has 0 aliphatic heterocycles. The third kappa shape index (κ3) is 3.72. The Bertz CT molecular complexity index is 598. The molecule has 2 rings (SSSR count). The number of hydrogen-bond donors (Lipinski definition) is 3. The second-order valence-corrected chi connectivity index (χ2v) is 5.56. The number of nitrogen functional groups attached to an aromatic ring is 1. The average molecular weight is 304 g/mol. The summed E-state index contributed by atoms with van der Waals surface area (Å²) in [6, 6.07) is 5.44. The zero-order chi connectivity index (χ0) is 15.2. The fourth-order valence-corrected chi connectivity index (χ4v) is 2.80. The number of rotatable bonds is 6. The Morgan fingerprint density at radius 2 is 2.24 bits per heavy atom. The van der Waals surface area contributed by atoms with Crippen molar-refractivity contribution in [2.45, 2.75) is 26.3 Å². The van der Waals surface area contributed by atoms with E-state index in [9.17, 15) is 4.79 Å². The van der Waals surface area contributed by atoms with Gasteiger partial charge in [0.15, 0.2) is 0 Å². The van der Waals surface area contributed by atoms with Crippen molar-refractivity contribution in [1.82, 2.24) is 10.3 Å². The lowest BCUT2D eigenvalue weighted by atomic mass is 10.1. The lowest BCUT2D eigenvalue weighted by Crippen LogP contribution is -2.22. The molecule has 1 aromatic heterocycles. The van der Waals surface area contributed by atoms with Crippen LogP contribution in [0.2, 0.25) is 0 Å². The van der Waals surface area contributed by atoms with E-state index in [-0.39, 0.29) is 11.9 Å². The number of thiazole rings is 1. The van der Waals surface area contributed by atoms with Crippen LogP contribution in [0.1, 0.15) is 41.7 Å². The van der Waals surface area contributed by atoms with E-state index in [1.165, 1.54) is 0 Å². The Balaban J connectivity index is 2.15. The topological polar surface area (TPSA) is 80.0 Å². The summed E-state index contributed by atoms with van der Waals surface area (Å²) in [5.74, 6) is -0.109. The number of nitrogens with two attached hydrogens (primary N) is 1. The molecule has 0 aliphatic rings. The molecule has 1 atom stereocenters. The first kappa shape index (κ1) is 15.3. The van der Waals surface area contributed by atoms with E-state index in [0.29, 0.717) is 17.8 Å². The largest absolute Gasteiger partial charge is 0.397 e. The highest BCUT2D eigenvalue weighted by Crippen LogP contribution is 2.28. The molecule has 0 spiro atoms. The van der Waals surface area contributed by atoms with Crippen LogP contribution in [-0.2, 0) is 0 Å². The molecule has 112 valence electrons. The number of benzene rings is 1. The zero-order valence-corrected chi connectivity index (χ0v) is 13.0. The highest BCUT2D eigenvalue weighted by atomic mass is 32.1. The quantitative estimate of drug-likeness (QED) is 0.717. The Hall–Kier alpha value is -2.08. The van der Waals surface area contributed by atoms with Crippen LogP contribution in [0.5, 0.6) is 0 Å². The summed E-state index contributed by atoms with van der Waals surface area (Å²) in [6.45, 7) is 4.58. The SMILES string of the molecule is CCNC(=O)c1ccc(NC(CC)c2nccs2)c(N)c1. The predicted octanol–water partition coefficient (Wildman–Crippen LogP) is 3.04. The average Bonchev–Trinajstić information content (AvgIpc) is 3.00. The number of anilines is 2. The minimum atomic E-state index is -0.109. The number of carbonyl (C=O) groups is 1. The first-order valence-corrected chi connectivity index (χ1v) is 7.87. The van der Waals surface area contributed by atoms with Crippen LogP contribution in [0.15, 0.2) is 29.8 Å². The van der Waals surface area contributed by atoms with Gasteiger partial charge in [-0.1, -0.05) is 6.92 Å². The van der Waals surface area contributed by atoms with Crippen molar-refractivity contribution in [2.24, 2.45) is 0 Å². The Morgan fingerprint density at radius 1 is 1.43 bits per heavy atom. The third-order valence-corrected chi connectivity index (χ3v) is 4.03. The minimum Gasteiger partial charge on any atom is -0.397 e. The van der Waals surface area contributed by atoms with E-state index in [2.05, 4.69) is 22.5 Å². The summed E-state index contributed by atoms with van der Waals surface area (Å²) >= 11 is 1.62. The van der Waals surface area contributed by atoms with Gasteiger partial charge in [0.25, 0.3) is 5.91 Å². The lowest BCUT2D eigenvalue weighted by molar-refractivity contribution is 0.0956. The van der Waals surface area contributed by atoms with E-state index < -0.39 is 0 Å². The standard InChI is InChI=1S/C15H20N4OS/c1-3-12(15-18-7-8-21-15)19-13-6-5-10(9-11(13)16)14(20)17-4-2/h5-9,12,19H,3-4,16H2,1-2H3,(H,17,20). The molecule has 0 saturated carbocycles. The van der Waals surface area contributed by atoms with Crippen LogP contribution < -0.4 is 16.4 Å². The Morgan fingerprint density at radius 3 is 2.81 bits per heavy atom. The van der Waals surface area contributed by atoms with E-state index in [4.69, 9.17) is 5.73 Å². The van der Waals surface area contributed by atoms with Gasteiger partial charge in [-0.25, -0.2) is 4.98 Å². The molecule has 1 heterocycles. The van der Waals surface area contributed by atoms with Crippen LogP contribution in [0, 0.1) is 0 Å². The number of nitrogens with one attached hydrogen (secondary N) is 2. The summed E-state index contributed by atoms with van der Waals surface area (Å²) in [6.07, 6.45) is 2.71. The fraction of sp³-hybridized carbons (Fsp3) is 0.333. The van der Waals surface area contributed by atoms with Gasteiger partial charge >= 0.3 is 0 Å². The summed E-state index contributed by atoms with van der Waals surface area (Å²) in [7, 11) is 0. The Kier molecular flexibility index (Phi) is 5.16. The molecule has 2 aromatic rings. The monoisotopic (exact) mass is 304 g/mol. The van der Waals surface area contributed by atoms with Crippen LogP contribution in [0.25, 0.3) is 0 Å². The summed E-state index contributed by atoms with van der Waals surface area (Å²) in [5, 5.41) is 9.14. The van der Waals surface area contributed by atoms with E-state index >= 15 is 0 Å². The van der Waals surface area contributed by atoms with E-state index in [1.807, 2.05) is 18.4 Å². The maximum absolute atomic E-state index is 11.8. The first-order chi connectivity index (χ1) is 10.2. The second-order valence-electron chi connectivity index (χ2n) is 4.64. The molecular formula is C15H20N4OS. The molecule has 6 heteroatoms. The maximum Gasteiger partial charge on any atom is 0.251 e. The number of hydrogen-bond acceptors (Lipinski definition) is 5. The molecule has 1 aromatic carbocycles. The molecule has 4 N–H and O–H groups in total. The van der Waals surface area contributed by atoms with Gasteiger partial charge in [0.2, 0.25) is 0 Å². The molecule has 1 amide bonds. The number of amides is 1. The number of aromatic nitrogens is 1. The van der Waals surface area contributed by atoms with Crippen molar-refractivity contribution in [3.05, 3.63) is 40.3 Å². The smallest absolute Gasteiger partial charge is 0.251 e. The van der Waals surface area contributed by atoms with Gasteiger partial charge in [-0.15, -0.1) is 11.3 Å². The highest BCUT2D eigenvalue weighted by Gasteiger charge is 2.14. The molecule has 0 fully saturated rings. The third-order valence-electron chi connectivity index (χ3n) is 3.14. The van der Waals surface area contributed by atoms with Crippen molar-refractivity contribution < 1.29 is 4.79 Å². The summed E-state index contributed by atoms with van der Waals surface area (Å²) in [4.78, 5) is 16.1. The van der Waals surface area contributed by atoms with E-state index in [0.717, 1.165) is 17.1 Å². The van der Waals surface area contributed by atoms with Gasteiger partial charge in [-0.05, 0) is 31.5 Å². The van der Waals surface area contributed by atoms with Crippen molar-refractivity contribution in [2.75, 3.05) is 17.6 Å². The normalized spacial score (nSPS) is 11.9. The number of carbonyl (C=O) groups excluding carboxylic acids is 1. The molecule has 1 unspecified atom stereocenters. The molecule has 5 nitrogen and oxygen atoms in total. The van der Waals surface area contributed by atoms with Gasteiger partial charge in [-0.3, -0.25) is 4.79 Å². The van der Waals surface area contributed by atoms with Gasteiger partial charge in [0.1, 0.15) is 5.01 Å². The summed E-state index contributed by atoms with van der Waals surface area (Å²) < 4.78 is 0. The zero-order valence-electron chi connectivity index (χ0n) is 12.2. The molecule has 21 heavy (non-hydrogen) atoms. The predicted molar refractivity (Wildman–Crippen MR) is 87.6 cm³/mol. The maximum atomic E-state index is 11.8.